The summed E-state index contributed by atoms with van der Waals surface area (Å²) >= 11 is 6.07. The number of rotatable bonds is 8. The first-order chi connectivity index (χ1) is 12.3. The molecule has 0 bridgehead atoms. The normalized spacial score (nSPS) is 11.0. The number of halogens is 1. The van der Waals surface area contributed by atoms with Crippen molar-refractivity contribution in [3.05, 3.63) is 51.3 Å². The molecule has 1 heterocycles. The fraction of sp³-hybridized carbons (Fsp3) is 0.400. The number of nitrogens with zero attached hydrogens (tertiary/aromatic N) is 1. The Labute approximate surface area is 159 Å². The second-order valence-corrected chi connectivity index (χ2v) is 6.88. The van der Waals surface area contributed by atoms with Crippen molar-refractivity contribution >= 4 is 23.2 Å². The van der Waals surface area contributed by atoms with E-state index in [-0.39, 0.29) is 18.1 Å². The summed E-state index contributed by atoms with van der Waals surface area (Å²) in [6.45, 7) is 6.05. The molecule has 0 aliphatic carbocycles. The van der Waals surface area contributed by atoms with E-state index in [1.165, 1.54) is 6.92 Å². The zero-order valence-corrected chi connectivity index (χ0v) is 16.7. The van der Waals surface area contributed by atoms with Crippen LogP contribution in [0.3, 0.4) is 0 Å². The van der Waals surface area contributed by atoms with Crippen LogP contribution in [-0.2, 0) is 13.0 Å². The summed E-state index contributed by atoms with van der Waals surface area (Å²) in [7, 11) is 3.47. The second-order valence-electron chi connectivity index (χ2n) is 6.44. The van der Waals surface area contributed by atoms with Gasteiger partial charge in [-0.2, -0.15) is 0 Å². The van der Waals surface area contributed by atoms with Crippen LogP contribution in [0, 0.1) is 6.92 Å². The van der Waals surface area contributed by atoms with Gasteiger partial charge < -0.3 is 9.72 Å². The fourth-order valence-corrected chi connectivity index (χ4v) is 3.48. The highest BCUT2D eigenvalue weighted by atomic mass is 35.5. The van der Waals surface area contributed by atoms with Gasteiger partial charge in [0, 0.05) is 28.4 Å². The predicted molar refractivity (Wildman–Crippen MR) is 104 cm³/mol. The lowest BCUT2D eigenvalue weighted by Gasteiger charge is -2.18. The summed E-state index contributed by atoms with van der Waals surface area (Å²) in [5.74, 6) is 0.671. The molecule has 0 spiro atoms. The maximum absolute atomic E-state index is 12.8. The topological polar surface area (TPSA) is 62.4 Å². The number of hydrogen-bond donors (Lipinski definition) is 1. The van der Waals surface area contributed by atoms with Crippen LogP contribution >= 0.6 is 11.6 Å². The molecule has 0 radical (unpaired) electrons. The number of Topliss-reactive ketones (excluding diaryl/α,β-unsaturated/α-hetero) is 2. The van der Waals surface area contributed by atoms with Gasteiger partial charge in [-0.15, -0.1) is 0 Å². The van der Waals surface area contributed by atoms with Crippen LogP contribution in [0.15, 0.2) is 18.2 Å². The first-order valence-electron chi connectivity index (χ1n) is 8.55. The van der Waals surface area contributed by atoms with Crippen LogP contribution < -0.4 is 4.74 Å². The van der Waals surface area contributed by atoms with Crippen molar-refractivity contribution in [1.29, 1.82) is 0 Å². The van der Waals surface area contributed by atoms with Gasteiger partial charge in [0.15, 0.2) is 11.6 Å². The summed E-state index contributed by atoms with van der Waals surface area (Å²) in [5.41, 5.74) is 3.62. The smallest absolute Gasteiger partial charge is 0.193 e. The monoisotopic (exact) mass is 376 g/mol. The Morgan fingerprint density at radius 1 is 1.31 bits per heavy atom. The van der Waals surface area contributed by atoms with E-state index < -0.39 is 0 Å². The fourth-order valence-electron chi connectivity index (χ4n) is 3.29. The van der Waals surface area contributed by atoms with Gasteiger partial charge in [-0.25, -0.2) is 0 Å². The largest absolute Gasteiger partial charge is 0.496 e. The molecule has 0 atom stereocenters. The van der Waals surface area contributed by atoms with E-state index in [2.05, 4.69) is 4.98 Å². The number of benzene rings is 1. The highest BCUT2D eigenvalue weighted by molar-refractivity contribution is 6.30. The molecule has 5 nitrogen and oxygen atoms in total. The van der Waals surface area contributed by atoms with Crippen molar-refractivity contribution in [3.8, 4) is 5.75 Å². The molecule has 1 aromatic carbocycles. The lowest BCUT2D eigenvalue weighted by Crippen LogP contribution is -2.26. The van der Waals surface area contributed by atoms with E-state index in [0.717, 1.165) is 22.6 Å². The molecule has 0 saturated carbocycles. The number of methoxy groups -OCH3 is 1. The number of aryl methyl sites for hydroxylation is 1. The molecule has 0 aliphatic rings. The maximum Gasteiger partial charge on any atom is 0.193 e. The van der Waals surface area contributed by atoms with Gasteiger partial charge in [0.05, 0.1) is 19.3 Å². The van der Waals surface area contributed by atoms with Gasteiger partial charge in [-0.3, -0.25) is 14.5 Å². The first kappa shape index (κ1) is 20.2. The van der Waals surface area contributed by atoms with E-state index >= 15 is 0 Å². The minimum Gasteiger partial charge on any atom is -0.496 e. The van der Waals surface area contributed by atoms with Crippen LogP contribution in [0.1, 0.15) is 51.5 Å². The Morgan fingerprint density at radius 2 is 2.00 bits per heavy atom. The zero-order valence-electron chi connectivity index (χ0n) is 15.9. The van der Waals surface area contributed by atoms with Crippen molar-refractivity contribution in [2.45, 2.75) is 33.7 Å². The van der Waals surface area contributed by atoms with Gasteiger partial charge >= 0.3 is 0 Å². The highest BCUT2D eigenvalue weighted by Crippen LogP contribution is 2.24. The van der Waals surface area contributed by atoms with Crippen molar-refractivity contribution in [2.75, 3.05) is 20.7 Å². The molecular formula is C20H25ClN2O3. The predicted octanol–water partition coefficient (Wildman–Crippen LogP) is 4.06. The third kappa shape index (κ3) is 4.34. The van der Waals surface area contributed by atoms with Gasteiger partial charge in [-0.05, 0) is 51.1 Å². The summed E-state index contributed by atoms with van der Waals surface area (Å²) in [6.07, 6.45) is 0.631. The molecular weight excluding hydrogens is 352 g/mol. The Kier molecular flexibility index (Phi) is 6.62. The van der Waals surface area contributed by atoms with Crippen LogP contribution in [-0.4, -0.2) is 42.2 Å². The average molecular weight is 377 g/mol. The van der Waals surface area contributed by atoms with Crippen LogP contribution in [0.5, 0.6) is 5.75 Å². The zero-order chi connectivity index (χ0) is 19.4. The lowest BCUT2D eigenvalue weighted by molar-refractivity contribution is 0.0937. The maximum atomic E-state index is 12.8. The third-order valence-corrected chi connectivity index (χ3v) is 4.61. The van der Waals surface area contributed by atoms with Crippen molar-refractivity contribution in [3.63, 3.8) is 0 Å². The molecule has 1 N–H and O–H groups in total. The minimum absolute atomic E-state index is 0.0216. The Morgan fingerprint density at radius 3 is 2.58 bits per heavy atom. The number of nitrogens with one attached hydrogen (secondary N) is 1. The van der Waals surface area contributed by atoms with Crippen molar-refractivity contribution in [1.82, 2.24) is 9.88 Å². The molecule has 2 rings (SSSR count). The Bertz CT molecular complexity index is 827. The molecule has 6 heteroatoms. The Hall–Kier alpha value is -2.11. The number of ketones is 2. The van der Waals surface area contributed by atoms with Gasteiger partial charge in [0.2, 0.25) is 0 Å². The number of aromatic nitrogens is 1. The quantitative estimate of drug-likeness (QED) is 0.705. The molecule has 0 aliphatic heterocycles. The third-order valence-electron chi connectivity index (χ3n) is 4.37. The molecule has 0 unspecified atom stereocenters. The van der Waals surface area contributed by atoms with E-state index in [1.54, 1.807) is 13.2 Å². The number of H-pyrrole nitrogens is 1. The molecule has 140 valence electrons. The van der Waals surface area contributed by atoms with E-state index in [4.69, 9.17) is 16.3 Å². The number of carbonyl (C=O) groups excluding carboxylic acids is 2. The molecule has 0 saturated heterocycles. The molecule has 26 heavy (non-hydrogen) atoms. The van der Waals surface area contributed by atoms with Gasteiger partial charge in [0.1, 0.15) is 5.75 Å². The number of carbonyl (C=O) groups is 2. The summed E-state index contributed by atoms with van der Waals surface area (Å²) < 4.78 is 5.36. The Balaban J connectivity index is 2.19. The van der Waals surface area contributed by atoms with Crippen LogP contribution in [0.25, 0.3) is 0 Å². The number of aromatic amines is 1. The number of hydrogen-bond acceptors (Lipinski definition) is 4. The van der Waals surface area contributed by atoms with Crippen LogP contribution in [0.2, 0.25) is 5.02 Å². The molecule has 2 aromatic rings. The summed E-state index contributed by atoms with van der Waals surface area (Å²) in [5, 5.41) is 0.625. The van der Waals surface area contributed by atoms with E-state index in [0.29, 0.717) is 29.2 Å². The minimum atomic E-state index is -0.0408. The summed E-state index contributed by atoms with van der Waals surface area (Å²) in [4.78, 5) is 29.7. The number of ether oxygens (including phenoxy) is 1. The summed E-state index contributed by atoms with van der Waals surface area (Å²) in [6, 6.07) is 5.43. The molecule has 0 amide bonds. The van der Waals surface area contributed by atoms with E-state index in [1.807, 2.05) is 37.9 Å². The second kappa shape index (κ2) is 8.52. The average Bonchev–Trinajstić information content (AvgIpc) is 2.91. The molecule has 0 fully saturated rings. The first-order valence-corrected chi connectivity index (χ1v) is 8.92. The highest BCUT2D eigenvalue weighted by Gasteiger charge is 2.22. The van der Waals surface area contributed by atoms with Crippen LogP contribution in [0.4, 0.5) is 0 Å². The van der Waals surface area contributed by atoms with Crippen molar-refractivity contribution < 1.29 is 14.3 Å². The van der Waals surface area contributed by atoms with E-state index in [9.17, 15) is 9.59 Å². The van der Waals surface area contributed by atoms with Crippen molar-refractivity contribution in [2.24, 2.45) is 0 Å². The van der Waals surface area contributed by atoms with Gasteiger partial charge in [0.25, 0.3) is 0 Å². The van der Waals surface area contributed by atoms with Gasteiger partial charge in [-0.1, -0.05) is 18.5 Å². The standard InChI is InChI=1S/C20H25ClN2O3/c1-6-16-19(13(3)24)12(2)22-20(16)17(25)11-23(4)10-14-9-15(21)7-8-18(14)26-5/h7-9,22H,6,10-11H2,1-5H3. The molecule has 1 aromatic heterocycles. The lowest BCUT2D eigenvalue weighted by atomic mass is 10.0. The SMILES string of the molecule is CCc1c(C(=O)CN(C)Cc2cc(Cl)ccc2OC)[nH]c(C)c1C(C)=O. The number of likely N-dealkylation sites (N-methyl/N-ethyl adjacent to an activating group) is 1.